The van der Waals surface area contributed by atoms with Gasteiger partial charge in [0.05, 0.1) is 11.1 Å². The molecule has 0 atom stereocenters. The van der Waals surface area contributed by atoms with Crippen LogP contribution in [0.5, 0.6) is 5.75 Å². The number of para-hydroxylation sites is 1. The molecule has 1 aliphatic rings. The normalized spacial score (nSPS) is 14.5. The molecule has 1 aromatic carbocycles. The van der Waals surface area contributed by atoms with E-state index in [0.717, 1.165) is 28.8 Å². The van der Waals surface area contributed by atoms with Gasteiger partial charge in [-0.15, -0.1) is 0 Å². The summed E-state index contributed by atoms with van der Waals surface area (Å²) in [5.74, 6) is 0.851. The molecule has 3 nitrogen and oxygen atoms in total. The van der Waals surface area contributed by atoms with Crippen LogP contribution in [-0.2, 0) is 11.2 Å². The lowest BCUT2D eigenvalue weighted by atomic mass is 10.1. The van der Waals surface area contributed by atoms with Crippen molar-refractivity contribution in [3.63, 3.8) is 0 Å². The Bertz CT molecular complexity index is 427. The van der Waals surface area contributed by atoms with Gasteiger partial charge in [0.2, 0.25) is 0 Å². The Morgan fingerprint density at radius 3 is 2.89 bits per heavy atom. The highest BCUT2D eigenvalue weighted by Crippen LogP contribution is 2.34. The zero-order valence-electron chi connectivity index (χ0n) is 10.2. The van der Waals surface area contributed by atoms with Crippen LogP contribution in [0.15, 0.2) is 22.7 Å². The van der Waals surface area contributed by atoms with Crippen molar-refractivity contribution in [1.82, 2.24) is 0 Å². The molecule has 0 radical (unpaired) electrons. The molecule has 98 valence electrons. The molecule has 0 aliphatic heterocycles. The number of aryl methyl sites for hydroxylation is 1. The first-order chi connectivity index (χ1) is 8.66. The molecule has 1 fully saturated rings. The molecule has 0 bridgehead atoms. The lowest BCUT2D eigenvalue weighted by molar-refractivity contribution is -0.137. The third-order valence-electron chi connectivity index (χ3n) is 3.05. The second-order valence-electron chi connectivity index (χ2n) is 4.73. The number of carboxylic acid groups (broad SMARTS) is 1. The van der Waals surface area contributed by atoms with E-state index in [9.17, 15) is 4.79 Å². The summed E-state index contributed by atoms with van der Waals surface area (Å²) < 4.78 is 6.81. The van der Waals surface area contributed by atoms with E-state index < -0.39 is 5.97 Å². The highest BCUT2D eigenvalue weighted by atomic mass is 79.9. The fourth-order valence-electron chi connectivity index (χ4n) is 1.83. The monoisotopic (exact) mass is 312 g/mol. The summed E-state index contributed by atoms with van der Waals surface area (Å²) in [4.78, 5) is 10.5. The van der Waals surface area contributed by atoms with Crippen molar-refractivity contribution in [1.29, 1.82) is 0 Å². The number of hydrogen-bond acceptors (Lipinski definition) is 2. The standard InChI is InChI=1S/C14H17BrO3/c15-12-5-1-3-11(4-2-6-13(16)17)14(12)18-9-10-7-8-10/h1,3,5,10H,2,4,6-9H2,(H,16,17). The second kappa shape index (κ2) is 6.23. The maximum Gasteiger partial charge on any atom is 0.303 e. The summed E-state index contributed by atoms with van der Waals surface area (Å²) in [5.41, 5.74) is 1.09. The number of aliphatic carboxylic acids is 1. The molecule has 2 rings (SSSR count). The molecule has 0 aromatic heterocycles. The van der Waals surface area contributed by atoms with Crippen LogP contribution in [0, 0.1) is 5.92 Å². The third kappa shape index (κ3) is 4.02. The van der Waals surface area contributed by atoms with E-state index in [1.807, 2.05) is 18.2 Å². The van der Waals surface area contributed by atoms with Crippen LogP contribution in [0.2, 0.25) is 0 Å². The van der Waals surface area contributed by atoms with E-state index in [1.54, 1.807) is 0 Å². The molecular formula is C14H17BrO3. The van der Waals surface area contributed by atoms with Gasteiger partial charge in [0.25, 0.3) is 0 Å². The van der Waals surface area contributed by atoms with Crippen molar-refractivity contribution >= 4 is 21.9 Å². The van der Waals surface area contributed by atoms with Gasteiger partial charge in [-0.05, 0) is 59.2 Å². The number of hydrogen-bond donors (Lipinski definition) is 1. The summed E-state index contributed by atoms with van der Waals surface area (Å²) in [6.45, 7) is 0.772. The third-order valence-corrected chi connectivity index (χ3v) is 3.67. The van der Waals surface area contributed by atoms with Gasteiger partial charge < -0.3 is 9.84 Å². The minimum Gasteiger partial charge on any atom is -0.492 e. The van der Waals surface area contributed by atoms with Gasteiger partial charge >= 0.3 is 5.97 Å². The van der Waals surface area contributed by atoms with E-state index in [1.165, 1.54) is 12.8 Å². The lowest BCUT2D eigenvalue weighted by Gasteiger charge is -2.12. The predicted octanol–water partition coefficient (Wildman–Crippen LogP) is 3.65. The van der Waals surface area contributed by atoms with Gasteiger partial charge in [0, 0.05) is 6.42 Å². The van der Waals surface area contributed by atoms with Gasteiger partial charge in [-0.3, -0.25) is 4.79 Å². The number of halogens is 1. The second-order valence-corrected chi connectivity index (χ2v) is 5.58. The number of benzene rings is 1. The van der Waals surface area contributed by atoms with Gasteiger partial charge in [-0.1, -0.05) is 12.1 Å². The lowest BCUT2D eigenvalue weighted by Crippen LogP contribution is -2.03. The van der Waals surface area contributed by atoms with E-state index in [2.05, 4.69) is 15.9 Å². The van der Waals surface area contributed by atoms with Crippen LogP contribution in [0.1, 0.15) is 31.2 Å². The first-order valence-corrected chi connectivity index (χ1v) is 7.08. The number of rotatable bonds is 7. The van der Waals surface area contributed by atoms with Crippen molar-refractivity contribution < 1.29 is 14.6 Å². The molecule has 1 aliphatic carbocycles. The van der Waals surface area contributed by atoms with E-state index >= 15 is 0 Å². The van der Waals surface area contributed by atoms with Crippen LogP contribution in [0.25, 0.3) is 0 Å². The Morgan fingerprint density at radius 1 is 1.44 bits per heavy atom. The average molecular weight is 313 g/mol. The smallest absolute Gasteiger partial charge is 0.303 e. The average Bonchev–Trinajstić information content (AvgIpc) is 3.11. The zero-order chi connectivity index (χ0) is 13.0. The summed E-state index contributed by atoms with van der Waals surface area (Å²) >= 11 is 3.50. The van der Waals surface area contributed by atoms with Gasteiger partial charge in [0.1, 0.15) is 5.75 Å². The molecule has 0 unspecified atom stereocenters. The Hall–Kier alpha value is -1.03. The molecule has 1 aromatic rings. The molecular weight excluding hydrogens is 296 g/mol. The summed E-state index contributed by atoms with van der Waals surface area (Å²) in [6.07, 6.45) is 4.11. The molecule has 1 saturated carbocycles. The van der Waals surface area contributed by atoms with Crippen LogP contribution < -0.4 is 4.74 Å². The summed E-state index contributed by atoms with van der Waals surface area (Å²) in [5, 5.41) is 8.66. The molecule has 0 spiro atoms. The van der Waals surface area contributed by atoms with Crippen molar-refractivity contribution in [2.24, 2.45) is 5.92 Å². The molecule has 4 heteroatoms. The maximum absolute atomic E-state index is 10.5. The highest BCUT2D eigenvalue weighted by Gasteiger charge is 2.22. The number of carboxylic acids is 1. The first-order valence-electron chi connectivity index (χ1n) is 6.29. The largest absolute Gasteiger partial charge is 0.492 e. The van der Waals surface area contributed by atoms with E-state index in [-0.39, 0.29) is 6.42 Å². The molecule has 0 saturated heterocycles. The Morgan fingerprint density at radius 2 is 2.22 bits per heavy atom. The van der Waals surface area contributed by atoms with Gasteiger partial charge in [-0.2, -0.15) is 0 Å². The zero-order valence-corrected chi connectivity index (χ0v) is 11.8. The fourth-order valence-corrected chi connectivity index (χ4v) is 2.35. The Balaban J connectivity index is 1.97. The highest BCUT2D eigenvalue weighted by molar-refractivity contribution is 9.10. The maximum atomic E-state index is 10.5. The summed E-state index contributed by atoms with van der Waals surface area (Å²) in [6, 6.07) is 5.93. The molecule has 0 amide bonds. The van der Waals surface area contributed by atoms with E-state index in [4.69, 9.17) is 9.84 Å². The van der Waals surface area contributed by atoms with Crippen LogP contribution >= 0.6 is 15.9 Å². The van der Waals surface area contributed by atoms with Crippen molar-refractivity contribution in [2.75, 3.05) is 6.61 Å². The fraction of sp³-hybridized carbons (Fsp3) is 0.500. The Kier molecular flexibility index (Phi) is 4.64. The van der Waals surface area contributed by atoms with Crippen LogP contribution in [-0.4, -0.2) is 17.7 Å². The van der Waals surface area contributed by atoms with Crippen molar-refractivity contribution in [3.8, 4) is 5.75 Å². The molecule has 1 N–H and O–H groups in total. The predicted molar refractivity (Wildman–Crippen MR) is 72.9 cm³/mol. The SMILES string of the molecule is O=C(O)CCCc1cccc(Br)c1OCC1CC1. The minimum atomic E-state index is -0.745. The van der Waals surface area contributed by atoms with Gasteiger partial charge in [-0.25, -0.2) is 0 Å². The molecule has 18 heavy (non-hydrogen) atoms. The van der Waals surface area contributed by atoms with Crippen LogP contribution in [0.3, 0.4) is 0 Å². The first kappa shape index (κ1) is 13.4. The Labute approximate surface area is 115 Å². The quantitative estimate of drug-likeness (QED) is 0.836. The van der Waals surface area contributed by atoms with Crippen molar-refractivity contribution in [3.05, 3.63) is 28.2 Å². The molecule has 0 heterocycles. The number of ether oxygens (including phenoxy) is 1. The van der Waals surface area contributed by atoms with Crippen molar-refractivity contribution in [2.45, 2.75) is 32.1 Å². The number of carbonyl (C=O) groups is 1. The van der Waals surface area contributed by atoms with Crippen LogP contribution in [0.4, 0.5) is 0 Å². The van der Waals surface area contributed by atoms with Gasteiger partial charge in [0.15, 0.2) is 0 Å². The summed E-state index contributed by atoms with van der Waals surface area (Å²) in [7, 11) is 0. The topological polar surface area (TPSA) is 46.5 Å². The van der Waals surface area contributed by atoms with E-state index in [0.29, 0.717) is 12.3 Å². The minimum absolute atomic E-state index is 0.203.